The standard InChI is InChI=1S/C51H46NO6PS/c1-4-36-56-49(54)47(59(42-30-18-9-19-31-42,43-32-20-10-21-33-43)44-34-22-11-23-35-44)52-46(53)45(38(3)58-50(55)57-37-5-2)48(52)60-51(39-24-12-6-13-25-39,40-26-14-7-15-27-40)41-28-16-8-17-29-41/h4-35,38,45,48H,1-2,36-37H2,3H3/t38-,45+,48-/m1/s1. The van der Waals surface area contributed by atoms with Crippen LogP contribution in [0.25, 0.3) is 0 Å². The van der Waals surface area contributed by atoms with Crippen LogP contribution >= 0.6 is 18.6 Å². The van der Waals surface area contributed by atoms with Gasteiger partial charge in [0.25, 0.3) is 0 Å². The Kier molecular flexibility index (Phi) is 13.3. The summed E-state index contributed by atoms with van der Waals surface area (Å²) in [6, 6.07) is 60.0. The third-order valence-corrected chi connectivity index (χ3v) is 16.6. The van der Waals surface area contributed by atoms with Gasteiger partial charge in [0.15, 0.2) is 0 Å². The molecule has 0 saturated carbocycles. The number of rotatable bonds is 16. The van der Waals surface area contributed by atoms with Crippen molar-refractivity contribution in [1.29, 1.82) is 0 Å². The van der Waals surface area contributed by atoms with Crippen LogP contribution in [0.1, 0.15) is 23.6 Å². The molecule has 7 rings (SSSR count). The highest BCUT2D eigenvalue weighted by Gasteiger charge is 2.59. The summed E-state index contributed by atoms with van der Waals surface area (Å²) in [4.78, 5) is 45.6. The minimum atomic E-state index is -3.28. The third kappa shape index (κ3) is 8.01. The molecule has 6 aromatic rings. The van der Waals surface area contributed by atoms with Crippen molar-refractivity contribution in [2.24, 2.45) is 5.92 Å². The van der Waals surface area contributed by atoms with Gasteiger partial charge in [0.2, 0.25) is 5.91 Å². The Morgan fingerprint density at radius 1 is 0.633 bits per heavy atom. The fourth-order valence-electron chi connectivity index (χ4n) is 7.92. The number of amides is 1. The summed E-state index contributed by atoms with van der Waals surface area (Å²) in [6.07, 6.45) is 1.08. The van der Waals surface area contributed by atoms with Crippen molar-refractivity contribution in [3.8, 4) is 0 Å². The van der Waals surface area contributed by atoms with Crippen molar-refractivity contribution < 1.29 is 28.6 Å². The highest BCUT2D eigenvalue weighted by molar-refractivity contribution is 8.01. The lowest BCUT2D eigenvalue weighted by molar-refractivity contribution is -0.152. The lowest BCUT2D eigenvalue weighted by atomic mass is 9.84. The van der Waals surface area contributed by atoms with Crippen LogP contribution < -0.4 is 15.9 Å². The average molecular weight is 832 g/mol. The summed E-state index contributed by atoms with van der Waals surface area (Å²) in [6.45, 7) is 5.76. The van der Waals surface area contributed by atoms with Gasteiger partial charge < -0.3 is 14.2 Å². The molecule has 3 atom stereocenters. The molecule has 0 spiro atoms. The Balaban J connectivity index is 1.59. The van der Waals surface area contributed by atoms with Crippen molar-refractivity contribution in [2.45, 2.75) is 23.1 Å². The zero-order valence-electron chi connectivity index (χ0n) is 33.3. The van der Waals surface area contributed by atoms with Crippen LogP contribution in [0.15, 0.2) is 207 Å². The molecule has 7 nitrogen and oxygen atoms in total. The normalized spacial score (nSPS) is 15.5. The number of ether oxygens (including phenoxy) is 3. The van der Waals surface area contributed by atoms with E-state index >= 15 is 9.59 Å². The number of β-lactam (4-membered cyclic amide) rings is 1. The molecule has 1 aliphatic heterocycles. The van der Waals surface area contributed by atoms with Crippen molar-refractivity contribution in [3.05, 3.63) is 224 Å². The molecule has 1 aliphatic rings. The molecular weight excluding hydrogens is 786 g/mol. The smallest absolute Gasteiger partial charge is 0.457 e. The molecule has 0 aromatic heterocycles. The topological polar surface area (TPSA) is 82.1 Å². The minimum Gasteiger partial charge on any atom is -0.457 e. The van der Waals surface area contributed by atoms with E-state index in [4.69, 9.17) is 14.2 Å². The highest BCUT2D eigenvalue weighted by Crippen LogP contribution is 2.57. The lowest BCUT2D eigenvalue weighted by Crippen LogP contribution is -2.68. The summed E-state index contributed by atoms with van der Waals surface area (Å²) in [5.41, 5.74) is 3.07. The summed E-state index contributed by atoms with van der Waals surface area (Å²) >= 11 is 1.53. The van der Waals surface area contributed by atoms with Gasteiger partial charge in [0, 0.05) is 6.89 Å². The highest BCUT2D eigenvalue weighted by atomic mass is 32.2. The SMILES string of the molecule is C=CCOC(=O)O[C@H](C)[C@H]1C(=O)N(C(C(=O)OCC=C)=P(c2ccccc2)(c2ccccc2)c2ccccc2)[C@@H]1SC(c1ccccc1)(c1ccccc1)c1ccccc1. The Morgan fingerprint density at radius 3 is 1.38 bits per heavy atom. The number of likely N-dealkylation sites (tertiary alicyclic amines) is 1. The molecule has 0 unspecified atom stereocenters. The molecule has 0 N–H and O–H groups in total. The van der Waals surface area contributed by atoms with E-state index in [1.165, 1.54) is 23.9 Å². The second kappa shape index (κ2) is 19.2. The van der Waals surface area contributed by atoms with Gasteiger partial charge in [0.05, 0.1) is 10.1 Å². The number of thioether (sulfide) groups is 1. The van der Waals surface area contributed by atoms with Gasteiger partial charge in [0.1, 0.15) is 30.7 Å². The Hall–Kier alpha value is -6.34. The molecule has 302 valence electrons. The second-order valence-electron chi connectivity index (χ2n) is 14.1. The van der Waals surface area contributed by atoms with E-state index in [1.54, 1.807) is 11.8 Å². The summed E-state index contributed by atoms with van der Waals surface area (Å²) in [5, 5.41) is 1.75. The maximum atomic E-state index is 15.5. The first-order chi connectivity index (χ1) is 29.4. The number of carbonyl (C=O) groups is 3. The monoisotopic (exact) mass is 831 g/mol. The van der Waals surface area contributed by atoms with E-state index in [0.29, 0.717) is 0 Å². The number of hydrogen-bond acceptors (Lipinski definition) is 7. The molecule has 1 amide bonds. The van der Waals surface area contributed by atoms with Crippen molar-refractivity contribution in [1.82, 2.24) is 4.90 Å². The van der Waals surface area contributed by atoms with Gasteiger partial charge >= 0.3 is 12.1 Å². The number of esters is 1. The molecule has 1 fully saturated rings. The molecule has 0 bridgehead atoms. The van der Waals surface area contributed by atoms with Crippen molar-refractivity contribution >= 4 is 58.0 Å². The summed E-state index contributed by atoms with van der Waals surface area (Å²) < 4.78 is 16.3. The van der Waals surface area contributed by atoms with Gasteiger partial charge in [-0.15, -0.1) is 11.8 Å². The average Bonchev–Trinajstić information content (AvgIpc) is 3.30. The van der Waals surface area contributed by atoms with Crippen molar-refractivity contribution in [3.63, 3.8) is 0 Å². The van der Waals surface area contributed by atoms with E-state index in [-0.39, 0.29) is 18.6 Å². The van der Waals surface area contributed by atoms with E-state index in [1.807, 2.05) is 146 Å². The molecule has 0 radical (unpaired) electrons. The van der Waals surface area contributed by atoms with Crippen LogP contribution in [0.4, 0.5) is 4.79 Å². The van der Waals surface area contributed by atoms with E-state index in [9.17, 15) is 4.79 Å². The number of nitrogens with zero attached hydrogens (tertiary/aromatic N) is 1. The van der Waals surface area contributed by atoms with Gasteiger partial charge in [-0.2, -0.15) is 0 Å². The molecule has 60 heavy (non-hydrogen) atoms. The first-order valence-electron chi connectivity index (χ1n) is 19.7. The Bertz CT molecular complexity index is 2270. The predicted octanol–water partition coefficient (Wildman–Crippen LogP) is 9.08. The van der Waals surface area contributed by atoms with Gasteiger partial charge in [-0.1, -0.05) is 207 Å². The lowest BCUT2D eigenvalue weighted by Gasteiger charge is -2.53. The second-order valence-corrected chi connectivity index (χ2v) is 18.7. The van der Waals surface area contributed by atoms with Crippen molar-refractivity contribution in [2.75, 3.05) is 13.2 Å². The van der Waals surface area contributed by atoms with Gasteiger partial charge in [-0.25, -0.2) is 9.59 Å². The largest absolute Gasteiger partial charge is 0.508 e. The maximum absolute atomic E-state index is 15.5. The fourth-order valence-corrected chi connectivity index (χ4v) is 14.4. The molecule has 0 aliphatic carbocycles. The van der Waals surface area contributed by atoms with Crippen LogP contribution in [0.2, 0.25) is 0 Å². The summed E-state index contributed by atoms with van der Waals surface area (Å²) in [7, 11) is 0. The maximum Gasteiger partial charge on any atom is 0.508 e. The summed E-state index contributed by atoms with van der Waals surface area (Å²) in [5.74, 6) is -1.97. The van der Waals surface area contributed by atoms with Gasteiger partial charge in [-0.05, 0) is 39.5 Å². The van der Waals surface area contributed by atoms with E-state index < -0.39 is 47.1 Å². The Morgan fingerprint density at radius 2 is 1.00 bits per heavy atom. The third-order valence-electron chi connectivity index (χ3n) is 10.5. The quantitative estimate of drug-likeness (QED) is 0.0317. The molecule has 1 heterocycles. The zero-order valence-corrected chi connectivity index (χ0v) is 35.0. The van der Waals surface area contributed by atoms with Crippen LogP contribution in [-0.2, 0) is 28.5 Å². The zero-order chi connectivity index (χ0) is 42.0. The fraction of sp³-hybridized carbons (Fsp3) is 0.137. The first kappa shape index (κ1) is 41.8. The molecule has 9 heteroatoms. The molecule has 6 aromatic carbocycles. The molecule has 1 saturated heterocycles. The van der Waals surface area contributed by atoms with Crippen LogP contribution in [0, 0.1) is 5.92 Å². The van der Waals surface area contributed by atoms with Crippen LogP contribution in [0.3, 0.4) is 0 Å². The van der Waals surface area contributed by atoms with Crippen LogP contribution in [-0.4, -0.2) is 53.0 Å². The number of hydrogen-bond donors (Lipinski definition) is 0. The van der Waals surface area contributed by atoms with E-state index in [2.05, 4.69) is 49.6 Å². The van der Waals surface area contributed by atoms with Crippen LogP contribution in [0.5, 0.6) is 0 Å². The number of benzene rings is 6. The Labute approximate surface area is 356 Å². The number of carbonyl (C=O) groups excluding carboxylic acids is 3. The molecular formula is C51H46NO6PS. The van der Waals surface area contributed by atoms with E-state index in [0.717, 1.165) is 32.6 Å². The minimum absolute atomic E-state index is 0.0566. The first-order valence-corrected chi connectivity index (χ1v) is 22.4. The predicted molar refractivity (Wildman–Crippen MR) is 244 cm³/mol. The van der Waals surface area contributed by atoms with Gasteiger partial charge in [-0.3, -0.25) is 9.69 Å².